The Bertz CT molecular complexity index is 1080. The lowest BCUT2D eigenvalue weighted by Gasteiger charge is -2.27. The Morgan fingerprint density at radius 3 is 2.47 bits per heavy atom. The second kappa shape index (κ2) is 8.86. The zero-order valence-corrected chi connectivity index (χ0v) is 19.2. The lowest BCUT2D eigenvalue weighted by atomic mass is 10.0. The van der Waals surface area contributed by atoms with Crippen molar-refractivity contribution in [2.75, 3.05) is 18.6 Å². The summed E-state index contributed by atoms with van der Waals surface area (Å²) in [5.41, 5.74) is 2.80. The summed E-state index contributed by atoms with van der Waals surface area (Å²) in [6, 6.07) is 7.92. The Morgan fingerprint density at radius 1 is 1.10 bits per heavy atom. The average Bonchev–Trinajstić information content (AvgIpc) is 2.69. The third-order valence-corrected chi connectivity index (χ3v) is 5.50. The molecule has 0 spiro atoms. The molecule has 1 N–H and O–H groups in total. The van der Waals surface area contributed by atoms with Crippen LogP contribution in [-0.4, -0.2) is 31.6 Å². The van der Waals surface area contributed by atoms with E-state index in [1.807, 2.05) is 26.8 Å². The van der Waals surface area contributed by atoms with Crippen LogP contribution in [0.2, 0.25) is 0 Å². The first-order chi connectivity index (χ1) is 14.3. The quantitative estimate of drug-likeness (QED) is 0.367. The minimum atomic E-state index is -0.774. The number of methoxy groups -OCH3 is 1. The molecule has 3 rings (SSSR count). The van der Waals surface area contributed by atoms with Crippen molar-refractivity contribution in [2.24, 2.45) is 0 Å². The van der Waals surface area contributed by atoms with Gasteiger partial charge >= 0.3 is 6.03 Å². The number of rotatable bonds is 5. The molecule has 0 saturated carbocycles. The number of hydrogen-bond acceptors (Lipinski definition) is 5. The Kier molecular flexibility index (Phi) is 6.45. The number of barbiturate groups is 1. The molecule has 4 amide bonds. The van der Waals surface area contributed by atoms with E-state index in [1.165, 1.54) is 13.2 Å². The predicted molar refractivity (Wildman–Crippen MR) is 122 cm³/mol. The predicted octanol–water partition coefficient (Wildman–Crippen LogP) is 3.98. The molecule has 1 saturated heterocycles. The highest BCUT2D eigenvalue weighted by molar-refractivity contribution is 14.1. The Hall–Kier alpha value is -2.88. The summed E-state index contributed by atoms with van der Waals surface area (Å²) in [5, 5.41) is 2.24. The number of carbonyl (C=O) groups is 3. The number of nitrogens with zero attached hydrogens (tertiary/aromatic N) is 1. The summed E-state index contributed by atoms with van der Waals surface area (Å²) >= 11 is 2.10. The van der Waals surface area contributed by atoms with Gasteiger partial charge in [-0.05, 0) is 90.4 Å². The number of carbonyl (C=O) groups excluding carboxylic acids is 3. The molecule has 8 heteroatoms. The van der Waals surface area contributed by atoms with Crippen molar-refractivity contribution in [1.82, 2.24) is 5.32 Å². The molecule has 30 heavy (non-hydrogen) atoms. The van der Waals surface area contributed by atoms with Crippen LogP contribution in [-0.2, 0) is 9.59 Å². The van der Waals surface area contributed by atoms with Gasteiger partial charge in [0.15, 0.2) is 11.5 Å². The van der Waals surface area contributed by atoms with Crippen molar-refractivity contribution in [3.05, 3.63) is 56.2 Å². The molecule has 0 radical (unpaired) electrons. The monoisotopic (exact) mass is 520 g/mol. The van der Waals surface area contributed by atoms with Crippen LogP contribution in [0.4, 0.5) is 10.5 Å². The minimum Gasteiger partial charge on any atom is -0.493 e. The molecule has 2 aromatic rings. The van der Waals surface area contributed by atoms with Gasteiger partial charge in [0.05, 0.1) is 23.0 Å². The van der Waals surface area contributed by atoms with Gasteiger partial charge in [0.1, 0.15) is 5.57 Å². The first kappa shape index (κ1) is 21.8. The smallest absolute Gasteiger partial charge is 0.335 e. The van der Waals surface area contributed by atoms with Gasteiger partial charge in [0.2, 0.25) is 0 Å². The van der Waals surface area contributed by atoms with Crippen LogP contribution in [0.5, 0.6) is 11.5 Å². The highest BCUT2D eigenvalue weighted by Crippen LogP contribution is 2.35. The Balaban J connectivity index is 2.04. The van der Waals surface area contributed by atoms with Crippen molar-refractivity contribution in [2.45, 2.75) is 20.8 Å². The van der Waals surface area contributed by atoms with E-state index < -0.39 is 17.8 Å². The van der Waals surface area contributed by atoms with Gasteiger partial charge in [0, 0.05) is 0 Å². The van der Waals surface area contributed by atoms with E-state index in [0.717, 1.165) is 19.6 Å². The van der Waals surface area contributed by atoms with Crippen LogP contribution in [0, 0.1) is 17.4 Å². The number of amides is 4. The molecular weight excluding hydrogens is 499 g/mol. The maximum Gasteiger partial charge on any atom is 0.335 e. The van der Waals surface area contributed by atoms with Gasteiger partial charge in [-0.25, -0.2) is 9.69 Å². The molecule has 0 unspecified atom stereocenters. The molecule has 1 heterocycles. The van der Waals surface area contributed by atoms with Crippen LogP contribution < -0.4 is 19.7 Å². The fraction of sp³-hybridized carbons (Fsp3) is 0.227. The van der Waals surface area contributed by atoms with Gasteiger partial charge in [-0.15, -0.1) is 0 Å². The van der Waals surface area contributed by atoms with E-state index >= 15 is 0 Å². The van der Waals surface area contributed by atoms with Gasteiger partial charge in [-0.1, -0.05) is 6.07 Å². The molecule has 0 aromatic heterocycles. The third kappa shape index (κ3) is 4.18. The molecule has 1 aliphatic rings. The van der Waals surface area contributed by atoms with Crippen molar-refractivity contribution in [3.8, 4) is 11.5 Å². The second-order valence-electron chi connectivity index (χ2n) is 6.69. The number of urea groups is 1. The Labute approximate surface area is 188 Å². The number of ether oxygens (including phenoxy) is 2. The summed E-state index contributed by atoms with van der Waals surface area (Å²) in [6.07, 6.45) is 1.44. The minimum absolute atomic E-state index is 0.144. The van der Waals surface area contributed by atoms with E-state index in [9.17, 15) is 14.4 Å². The molecule has 1 aliphatic heterocycles. The molecule has 156 valence electrons. The number of benzene rings is 2. The number of imide groups is 2. The fourth-order valence-electron chi connectivity index (χ4n) is 3.03. The van der Waals surface area contributed by atoms with Gasteiger partial charge in [0.25, 0.3) is 11.8 Å². The molecule has 0 bridgehead atoms. The molecule has 2 aromatic carbocycles. The highest BCUT2D eigenvalue weighted by atomic mass is 127. The van der Waals surface area contributed by atoms with Gasteiger partial charge in [-0.2, -0.15) is 0 Å². The van der Waals surface area contributed by atoms with Crippen molar-refractivity contribution >= 4 is 52.2 Å². The van der Waals surface area contributed by atoms with Gasteiger partial charge < -0.3 is 9.47 Å². The fourth-order valence-corrected chi connectivity index (χ4v) is 3.81. The number of aryl methyl sites for hydroxylation is 2. The average molecular weight is 520 g/mol. The number of nitrogens with one attached hydrogen (secondary N) is 1. The number of hydrogen-bond donors (Lipinski definition) is 1. The van der Waals surface area contributed by atoms with Gasteiger partial charge in [-0.3, -0.25) is 14.9 Å². The van der Waals surface area contributed by atoms with Crippen molar-refractivity contribution in [3.63, 3.8) is 0 Å². The zero-order valence-electron chi connectivity index (χ0n) is 17.0. The summed E-state index contributed by atoms with van der Waals surface area (Å²) in [5.74, 6) is -0.349. The standard InChI is InChI=1S/C22H21IN2O5/c1-5-30-19-17(23)10-14(11-18(19)29-4)9-16-20(26)24-22(28)25(21(16)27)15-7-6-12(2)13(3)8-15/h6-11H,5H2,1-4H3,(H,24,26,28)/b16-9+. The summed E-state index contributed by atoms with van der Waals surface area (Å²) in [7, 11) is 1.52. The first-order valence-electron chi connectivity index (χ1n) is 9.25. The highest BCUT2D eigenvalue weighted by Gasteiger charge is 2.37. The summed E-state index contributed by atoms with van der Waals surface area (Å²) in [4.78, 5) is 38.9. The van der Waals surface area contributed by atoms with E-state index in [4.69, 9.17) is 9.47 Å². The molecule has 0 aliphatic carbocycles. The SMILES string of the molecule is CCOc1c(I)cc(/C=C2\C(=O)NC(=O)N(c3ccc(C)c(C)c3)C2=O)cc1OC. The van der Waals surface area contributed by atoms with E-state index in [0.29, 0.717) is 29.4 Å². The van der Waals surface area contributed by atoms with Crippen LogP contribution >= 0.6 is 22.6 Å². The molecule has 0 atom stereocenters. The molecule has 7 nitrogen and oxygen atoms in total. The normalized spacial score (nSPS) is 15.4. The topological polar surface area (TPSA) is 84.9 Å². The van der Waals surface area contributed by atoms with E-state index in [-0.39, 0.29) is 5.57 Å². The molecular formula is C22H21IN2O5. The second-order valence-corrected chi connectivity index (χ2v) is 7.86. The Morgan fingerprint density at radius 2 is 1.83 bits per heavy atom. The molecule has 1 fully saturated rings. The van der Waals surface area contributed by atoms with Crippen molar-refractivity contribution in [1.29, 1.82) is 0 Å². The van der Waals surface area contributed by atoms with Crippen molar-refractivity contribution < 1.29 is 23.9 Å². The lowest BCUT2D eigenvalue weighted by molar-refractivity contribution is -0.122. The van der Waals surface area contributed by atoms with E-state index in [2.05, 4.69) is 27.9 Å². The number of halogens is 1. The number of anilines is 1. The zero-order chi connectivity index (χ0) is 22.0. The summed E-state index contributed by atoms with van der Waals surface area (Å²) < 4.78 is 11.8. The first-order valence-corrected chi connectivity index (χ1v) is 10.3. The summed E-state index contributed by atoms with van der Waals surface area (Å²) in [6.45, 7) is 6.17. The largest absolute Gasteiger partial charge is 0.493 e. The van der Waals surface area contributed by atoms with Crippen LogP contribution in [0.15, 0.2) is 35.9 Å². The third-order valence-electron chi connectivity index (χ3n) is 4.70. The maximum absolute atomic E-state index is 13.1. The van der Waals surface area contributed by atoms with Crippen LogP contribution in [0.25, 0.3) is 6.08 Å². The lowest BCUT2D eigenvalue weighted by Crippen LogP contribution is -2.54. The van der Waals surface area contributed by atoms with Crippen LogP contribution in [0.3, 0.4) is 0 Å². The van der Waals surface area contributed by atoms with E-state index in [1.54, 1.807) is 24.3 Å². The van der Waals surface area contributed by atoms with Crippen LogP contribution in [0.1, 0.15) is 23.6 Å². The maximum atomic E-state index is 13.1.